The van der Waals surface area contributed by atoms with E-state index in [2.05, 4.69) is 16.0 Å². The molecule has 6 heteroatoms. The van der Waals surface area contributed by atoms with Gasteiger partial charge in [-0.1, -0.05) is 19.8 Å². The summed E-state index contributed by atoms with van der Waals surface area (Å²) >= 11 is 0. The lowest BCUT2D eigenvalue weighted by atomic mass is 10.1. The van der Waals surface area contributed by atoms with E-state index in [9.17, 15) is 8.42 Å². The number of nitrogens with one attached hydrogen (secondary N) is 2. The fourth-order valence-electron chi connectivity index (χ4n) is 1.32. The van der Waals surface area contributed by atoms with Crippen molar-refractivity contribution in [2.45, 2.75) is 50.9 Å². The Labute approximate surface area is 114 Å². The number of sulfonamides is 1. The Balaban J connectivity index is 2.84. The lowest BCUT2D eigenvalue weighted by molar-refractivity contribution is 0.390. The molecule has 1 aromatic rings. The first-order chi connectivity index (χ1) is 8.66. The second-order valence-corrected chi connectivity index (χ2v) is 6.74. The molecule has 106 valence electrons. The highest BCUT2D eigenvalue weighted by Crippen LogP contribution is 2.16. The summed E-state index contributed by atoms with van der Waals surface area (Å²) in [5.74, 6) is 2.93. The summed E-state index contributed by atoms with van der Waals surface area (Å²) in [5.41, 5.74) is -0.956. The van der Waals surface area contributed by atoms with Crippen molar-refractivity contribution < 1.29 is 12.8 Å². The fraction of sp³-hybridized carbons (Fsp3) is 0.538. The van der Waals surface area contributed by atoms with Gasteiger partial charge < -0.3 is 9.73 Å². The van der Waals surface area contributed by atoms with Gasteiger partial charge in [0.25, 0.3) is 10.0 Å². The van der Waals surface area contributed by atoms with Crippen LogP contribution in [0, 0.1) is 12.3 Å². The summed E-state index contributed by atoms with van der Waals surface area (Å²) < 4.78 is 31.8. The average Bonchev–Trinajstić information content (AvgIpc) is 2.74. The normalized spacial score (nSPS) is 12.6. The van der Waals surface area contributed by atoms with Crippen LogP contribution in [0.4, 0.5) is 0 Å². The Morgan fingerprint density at radius 3 is 2.58 bits per heavy atom. The third-order valence-corrected chi connectivity index (χ3v) is 3.86. The first-order valence-corrected chi connectivity index (χ1v) is 7.48. The maximum Gasteiger partial charge on any atom is 0.275 e. The molecule has 19 heavy (non-hydrogen) atoms. The zero-order valence-electron chi connectivity index (χ0n) is 11.6. The number of terminal acetylenes is 1. The van der Waals surface area contributed by atoms with Crippen LogP contribution in [0.15, 0.2) is 21.6 Å². The molecule has 0 aliphatic rings. The van der Waals surface area contributed by atoms with E-state index in [4.69, 9.17) is 10.8 Å². The van der Waals surface area contributed by atoms with Crippen molar-refractivity contribution >= 4 is 10.0 Å². The molecule has 1 heterocycles. The van der Waals surface area contributed by atoms with Gasteiger partial charge in [-0.25, -0.2) is 8.42 Å². The lowest BCUT2D eigenvalue weighted by Gasteiger charge is -2.18. The van der Waals surface area contributed by atoms with Crippen LogP contribution in [0.5, 0.6) is 0 Å². The standard InChI is InChI=1S/C13H20N2O3S/c1-6-13(4,5)15-19(16,17)12-8-7-11(18-12)9-14-10(2)3/h1,7-8,10,14-15H,9H2,2-5H3. The van der Waals surface area contributed by atoms with Crippen molar-refractivity contribution in [3.63, 3.8) is 0 Å². The van der Waals surface area contributed by atoms with Gasteiger partial charge >= 0.3 is 0 Å². The van der Waals surface area contributed by atoms with E-state index in [0.29, 0.717) is 18.3 Å². The van der Waals surface area contributed by atoms with Gasteiger partial charge in [-0.05, 0) is 26.0 Å². The van der Waals surface area contributed by atoms with E-state index < -0.39 is 15.6 Å². The minimum absolute atomic E-state index is 0.128. The van der Waals surface area contributed by atoms with Crippen molar-refractivity contribution in [2.24, 2.45) is 0 Å². The van der Waals surface area contributed by atoms with Crippen LogP contribution in [-0.4, -0.2) is 20.0 Å². The predicted octanol–water partition coefficient (Wildman–Crippen LogP) is 1.47. The minimum Gasteiger partial charge on any atom is -0.447 e. The third-order valence-electron chi connectivity index (χ3n) is 2.34. The summed E-state index contributed by atoms with van der Waals surface area (Å²) in [5, 5.41) is 3.02. The maximum absolute atomic E-state index is 12.0. The van der Waals surface area contributed by atoms with Crippen LogP contribution in [0.3, 0.4) is 0 Å². The van der Waals surface area contributed by atoms with E-state index in [1.54, 1.807) is 19.9 Å². The largest absolute Gasteiger partial charge is 0.447 e. The number of furan rings is 1. The first kappa shape index (κ1) is 15.8. The Morgan fingerprint density at radius 2 is 2.05 bits per heavy atom. The SMILES string of the molecule is C#CC(C)(C)NS(=O)(=O)c1ccc(CNC(C)C)o1. The molecule has 0 radical (unpaired) electrons. The van der Waals surface area contributed by atoms with Gasteiger partial charge in [0.15, 0.2) is 0 Å². The van der Waals surface area contributed by atoms with Crippen molar-refractivity contribution in [2.75, 3.05) is 0 Å². The molecule has 0 spiro atoms. The van der Waals surface area contributed by atoms with Crippen molar-refractivity contribution in [1.29, 1.82) is 0 Å². The van der Waals surface area contributed by atoms with E-state index >= 15 is 0 Å². The second kappa shape index (κ2) is 5.78. The zero-order chi connectivity index (χ0) is 14.7. The molecular formula is C13H20N2O3S. The van der Waals surface area contributed by atoms with Crippen LogP contribution in [0.1, 0.15) is 33.5 Å². The van der Waals surface area contributed by atoms with Crippen LogP contribution >= 0.6 is 0 Å². The summed E-state index contributed by atoms with van der Waals surface area (Å²) in [6.07, 6.45) is 5.26. The van der Waals surface area contributed by atoms with Gasteiger partial charge in [-0.3, -0.25) is 0 Å². The van der Waals surface area contributed by atoms with E-state index in [1.165, 1.54) is 6.07 Å². The molecule has 0 aliphatic heterocycles. The fourth-order valence-corrected chi connectivity index (χ4v) is 2.61. The van der Waals surface area contributed by atoms with E-state index in [1.807, 2.05) is 13.8 Å². The molecule has 0 atom stereocenters. The highest BCUT2D eigenvalue weighted by atomic mass is 32.2. The van der Waals surface area contributed by atoms with Crippen LogP contribution in [-0.2, 0) is 16.6 Å². The first-order valence-electron chi connectivity index (χ1n) is 6.00. The monoisotopic (exact) mass is 284 g/mol. The maximum atomic E-state index is 12.0. The van der Waals surface area contributed by atoms with Gasteiger partial charge in [-0.15, -0.1) is 6.42 Å². The highest BCUT2D eigenvalue weighted by molar-refractivity contribution is 7.89. The Bertz CT molecular complexity index is 565. The molecular weight excluding hydrogens is 264 g/mol. The van der Waals surface area contributed by atoms with Crippen LogP contribution < -0.4 is 10.0 Å². The zero-order valence-corrected chi connectivity index (χ0v) is 12.5. The summed E-state index contributed by atoms with van der Waals surface area (Å²) in [7, 11) is -3.73. The van der Waals surface area contributed by atoms with E-state index in [0.717, 1.165) is 0 Å². The van der Waals surface area contributed by atoms with Crippen molar-refractivity contribution in [1.82, 2.24) is 10.0 Å². The molecule has 2 N–H and O–H groups in total. The summed E-state index contributed by atoms with van der Waals surface area (Å²) in [6, 6.07) is 3.35. The molecule has 0 saturated carbocycles. The number of hydrogen-bond donors (Lipinski definition) is 2. The van der Waals surface area contributed by atoms with Gasteiger partial charge in [-0.2, -0.15) is 4.72 Å². The van der Waals surface area contributed by atoms with Gasteiger partial charge in [0.1, 0.15) is 5.76 Å². The number of rotatable bonds is 6. The number of hydrogen-bond acceptors (Lipinski definition) is 4. The third kappa shape index (κ3) is 4.71. The molecule has 0 saturated heterocycles. The van der Waals surface area contributed by atoms with Gasteiger partial charge in [0, 0.05) is 6.04 Å². The summed E-state index contributed by atoms with van der Waals surface area (Å²) in [6.45, 7) is 7.68. The lowest BCUT2D eigenvalue weighted by Crippen LogP contribution is -2.41. The van der Waals surface area contributed by atoms with Gasteiger partial charge in [0.05, 0.1) is 12.1 Å². The second-order valence-electron chi connectivity index (χ2n) is 5.13. The molecule has 0 aliphatic carbocycles. The molecule has 0 aromatic carbocycles. The molecule has 1 aromatic heterocycles. The smallest absolute Gasteiger partial charge is 0.275 e. The Kier molecular flexibility index (Phi) is 4.80. The predicted molar refractivity (Wildman–Crippen MR) is 73.9 cm³/mol. The molecule has 1 rings (SSSR count). The van der Waals surface area contributed by atoms with Crippen LogP contribution in [0.25, 0.3) is 0 Å². The van der Waals surface area contributed by atoms with Crippen molar-refractivity contribution in [3.8, 4) is 12.3 Å². The van der Waals surface area contributed by atoms with E-state index in [-0.39, 0.29) is 5.09 Å². The average molecular weight is 284 g/mol. The topological polar surface area (TPSA) is 71.3 Å². The Morgan fingerprint density at radius 1 is 1.42 bits per heavy atom. The molecule has 0 amide bonds. The molecule has 0 unspecified atom stereocenters. The summed E-state index contributed by atoms with van der Waals surface area (Å²) in [4.78, 5) is 0. The van der Waals surface area contributed by atoms with Crippen molar-refractivity contribution in [3.05, 3.63) is 17.9 Å². The Hall–Kier alpha value is -1.29. The molecule has 0 bridgehead atoms. The van der Waals surface area contributed by atoms with Gasteiger partial charge in [0.2, 0.25) is 5.09 Å². The molecule has 0 fully saturated rings. The minimum atomic E-state index is -3.73. The quantitative estimate of drug-likeness (QED) is 0.776. The van der Waals surface area contributed by atoms with Crippen LogP contribution in [0.2, 0.25) is 0 Å². The molecule has 5 nitrogen and oxygen atoms in total. The highest BCUT2D eigenvalue weighted by Gasteiger charge is 2.26.